The first-order chi connectivity index (χ1) is 15.6. The van der Waals surface area contributed by atoms with Crippen molar-refractivity contribution in [3.05, 3.63) is 93.7 Å². The number of nitrogens with one attached hydrogen (secondary N) is 3. The number of hydrogen-bond donors (Lipinski definition) is 4. The van der Waals surface area contributed by atoms with Crippen LogP contribution in [0.5, 0.6) is 0 Å². The van der Waals surface area contributed by atoms with Gasteiger partial charge in [0.25, 0.3) is 5.91 Å². The minimum Gasteiger partial charge on any atom is -0.388 e. The molecular weight excluding hydrogens is 418 g/mol. The van der Waals surface area contributed by atoms with Gasteiger partial charge in [0.1, 0.15) is 11.8 Å². The third-order valence-electron chi connectivity index (χ3n) is 5.51. The Morgan fingerprint density at radius 2 is 1.72 bits per heavy atom. The van der Waals surface area contributed by atoms with E-state index in [-0.39, 0.29) is 5.91 Å². The van der Waals surface area contributed by atoms with Crippen molar-refractivity contribution in [1.82, 2.24) is 16.0 Å². The molecule has 0 saturated carbocycles. The average Bonchev–Trinajstić information content (AvgIpc) is 3.28. The van der Waals surface area contributed by atoms with E-state index in [2.05, 4.69) is 34.3 Å². The Kier molecular flexibility index (Phi) is 9.00. The lowest BCUT2D eigenvalue weighted by atomic mass is 9.92. The van der Waals surface area contributed by atoms with Crippen LogP contribution in [-0.4, -0.2) is 35.9 Å². The number of carbonyl (C=O) groups is 1. The maximum absolute atomic E-state index is 13.1. The van der Waals surface area contributed by atoms with Crippen LogP contribution in [-0.2, 0) is 19.4 Å². The summed E-state index contributed by atoms with van der Waals surface area (Å²) in [5.41, 5.74) is 1.91. The second kappa shape index (κ2) is 11.9. The summed E-state index contributed by atoms with van der Waals surface area (Å²) in [6.45, 7) is 5.75. The molecule has 0 aliphatic rings. The van der Waals surface area contributed by atoms with Crippen LogP contribution in [0.25, 0.3) is 0 Å². The second-order valence-electron chi connectivity index (χ2n) is 7.91. The molecule has 6 heteroatoms. The van der Waals surface area contributed by atoms with Crippen LogP contribution < -0.4 is 16.0 Å². The van der Waals surface area contributed by atoms with Gasteiger partial charge in [-0.15, -0.1) is 11.3 Å². The zero-order valence-electron chi connectivity index (χ0n) is 18.8. The summed E-state index contributed by atoms with van der Waals surface area (Å²) in [6.07, 6.45) is 0.633. The molecule has 4 N–H and O–H groups in total. The summed E-state index contributed by atoms with van der Waals surface area (Å²) >= 11 is 1.72. The molecule has 170 valence electrons. The van der Waals surface area contributed by atoms with Gasteiger partial charge >= 0.3 is 0 Å². The van der Waals surface area contributed by atoms with Gasteiger partial charge in [-0.1, -0.05) is 62.4 Å². The molecule has 0 spiro atoms. The molecule has 0 aliphatic carbocycles. The van der Waals surface area contributed by atoms with Crippen LogP contribution >= 0.6 is 11.3 Å². The van der Waals surface area contributed by atoms with Gasteiger partial charge in [0, 0.05) is 30.0 Å². The predicted molar refractivity (Wildman–Crippen MR) is 132 cm³/mol. The summed E-state index contributed by atoms with van der Waals surface area (Å²) in [6, 6.07) is 21.2. The maximum atomic E-state index is 13.1. The number of likely N-dealkylation sites (N-methyl/N-ethyl adjacent to an activating group) is 1. The van der Waals surface area contributed by atoms with E-state index in [0.29, 0.717) is 31.6 Å². The molecule has 0 fully saturated rings. The Balaban J connectivity index is 1.78. The fraction of sp³-hybridized carbons (Fsp3) is 0.346. The molecule has 1 amide bonds. The van der Waals surface area contributed by atoms with Crippen LogP contribution in [0.1, 0.15) is 40.2 Å². The van der Waals surface area contributed by atoms with Crippen LogP contribution in [0, 0.1) is 0 Å². The van der Waals surface area contributed by atoms with Gasteiger partial charge in [0.15, 0.2) is 0 Å². The number of aryl methyl sites for hydroxylation is 1. The highest BCUT2D eigenvalue weighted by atomic mass is 32.1. The molecular formula is C26H33N3O2S. The standard InChI is InChI=1S/C26H33N3O2S/c1-3-20-15-23(32-19-20)17-27-18-24(30)26(28-4-2,16-21-11-7-5-8-12-21)29-25(31)22-13-9-6-10-14-22/h5-15,19,24,27-28,30H,3-4,16-18H2,1-2H3,(H,29,31)/t24-,26+/m1/s1. The lowest BCUT2D eigenvalue weighted by Crippen LogP contribution is -2.69. The molecule has 1 heterocycles. The molecule has 32 heavy (non-hydrogen) atoms. The van der Waals surface area contributed by atoms with Crippen LogP contribution in [0.3, 0.4) is 0 Å². The molecule has 0 radical (unpaired) electrons. The quantitative estimate of drug-likeness (QED) is 0.317. The monoisotopic (exact) mass is 451 g/mol. The summed E-state index contributed by atoms with van der Waals surface area (Å²) in [5, 5.41) is 23.4. The lowest BCUT2D eigenvalue weighted by molar-refractivity contribution is 0.0327. The fourth-order valence-corrected chi connectivity index (χ4v) is 4.72. The zero-order chi connectivity index (χ0) is 22.8. The molecule has 3 aromatic rings. The highest BCUT2D eigenvalue weighted by Crippen LogP contribution is 2.18. The first-order valence-electron chi connectivity index (χ1n) is 11.2. The van der Waals surface area contributed by atoms with Crippen LogP contribution in [0.15, 0.2) is 72.1 Å². The average molecular weight is 452 g/mol. The zero-order valence-corrected chi connectivity index (χ0v) is 19.6. The normalized spacial score (nSPS) is 14.0. The molecule has 0 aliphatic heterocycles. The smallest absolute Gasteiger partial charge is 0.252 e. The predicted octanol–water partition coefficient (Wildman–Crippen LogP) is 3.74. The van der Waals surface area contributed by atoms with E-state index in [4.69, 9.17) is 0 Å². The minimum absolute atomic E-state index is 0.215. The highest BCUT2D eigenvalue weighted by molar-refractivity contribution is 7.10. The van der Waals surface area contributed by atoms with E-state index in [1.54, 1.807) is 23.5 Å². The Labute approximate surface area is 194 Å². The minimum atomic E-state index is -1.01. The van der Waals surface area contributed by atoms with E-state index in [1.165, 1.54) is 10.4 Å². The number of amides is 1. The molecule has 0 bridgehead atoms. The number of aliphatic hydroxyl groups is 1. The summed E-state index contributed by atoms with van der Waals surface area (Å²) < 4.78 is 0. The maximum Gasteiger partial charge on any atom is 0.252 e. The number of aliphatic hydroxyl groups excluding tert-OH is 1. The largest absolute Gasteiger partial charge is 0.388 e. The Morgan fingerprint density at radius 1 is 1.03 bits per heavy atom. The van der Waals surface area contributed by atoms with Gasteiger partial charge in [0.2, 0.25) is 0 Å². The number of hydrogen-bond acceptors (Lipinski definition) is 5. The molecule has 5 nitrogen and oxygen atoms in total. The van der Waals surface area contributed by atoms with Crippen LogP contribution in [0.4, 0.5) is 0 Å². The summed E-state index contributed by atoms with van der Waals surface area (Å²) in [4.78, 5) is 14.3. The third-order valence-corrected chi connectivity index (χ3v) is 6.50. The van der Waals surface area contributed by atoms with Gasteiger partial charge in [0.05, 0.1) is 0 Å². The molecule has 1 aromatic heterocycles. The van der Waals surface area contributed by atoms with E-state index in [0.717, 1.165) is 12.0 Å². The van der Waals surface area contributed by atoms with Gasteiger partial charge in [-0.25, -0.2) is 0 Å². The van der Waals surface area contributed by atoms with E-state index in [1.807, 2.05) is 55.5 Å². The molecule has 2 atom stereocenters. The number of rotatable bonds is 12. The lowest BCUT2D eigenvalue weighted by Gasteiger charge is -2.40. The third kappa shape index (κ3) is 6.50. The van der Waals surface area contributed by atoms with Crippen molar-refractivity contribution in [1.29, 1.82) is 0 Å². The van der Waals surface area contributed by atoms with Crippen molar-refractivity contribution < 1.29 is 9.90 Å². The second-order valence-corrected chi connectivity index (χ2v) is 8.90. The molecule has 0 unspecified atom stereocenters. The molecule has 0 saturated heterocycles. The topological polar surface area (TPSA) is 73.4 Å². The SMILES string of the molecule is CCN[C@@](Cc1ccccc1)(NC(=O)c1ccccc1)[C@H](O)CNCc1cc(CC)cs1. The Bertz CT molecular complexity index is 961. The summed E-state index contributed by atoms with van der Waals surface area (Å²) in [5.74, 6) is -0.215. The summed E-state index contributed by atoms with van der Waals surface area (Å²) in [7, 11) is 0. The Hall–Kier alpha value is -2.51. The molecule has 3 rings (SSSR count). The van der Waals surface area contributed by atoms with Gasteiger partial charge in [-0.2, -0.15) is 0 Å². The van der Waals surface area contributed by atoms with Crippen molar-refractivity contribution in [2.45, 2.75) is 45.0 Å². The Morgan fingerprint density at radius 3 is 2.34 bits per heavy atom. The van der Waals surface area contributed by atoms with Gasteiger partial charge in [-0.05, 0) is 47.7 Å². The fourth-order valence-electron chi connectivity index (χ4n) is 3.78. The van der Waals surface area contributed by atoms with E-state index < -0.39 is 11.8 Å². The first-order valence-corrected chi connectivity index (χ1v) is 12.1. The van der Waals surface area contributed by atoms with Gasteiger partial charge < -0.3 is 15.7 Å². The van der Waals surface area contributed by atoms with E-state index >= 15 is 0 Å². The van der Waals surface area contributed by atoms with Crippen LogP contribution in [0.2, 0.25) is 0 Å². The first kappa shape index (κ1) is 24.1. The van der Waals surface area contributed by atoms with E-state index in [9.17, 15) is 9.90 Å². The van der Waals surface area contributed by atoms with Gasteiger partial charge in [-0.3, -0.25) is 10.1 Å². The number of benzene rings is 2. The van der Waals surface area contributed by atoms with Crippen molar-refractivity contribution >= 4 is 17.2 Å². The van der Waals surface area contributed by atoms with Crippen molar-refractivity contribution in [3.8, 4) is 0 Å². The molecule has 2 aromatic carbocycles. The van der Waals surface area contributed by atoms with Crippen molar-refractivity contribution in [3.63, 3.8) is 0 Å². The highest BCUT2D eigenvalue weighted by Gasteiger charge is 2.39. The number of carbonyl (C=O) groups excluding carboxylic acids is 1. The number of thiophene rings is 1. The van der Waals surface area contributed by atoms with Crippen molar-refractivity contribution in [2.75, 3.05) is 13.1 Å². The van der Waals surface area contributed by atoms with Crippen molar-refractivity contribution in [2.24, 2.45) is 0 Å².